The van der Waals surface area contributed by atoms with Gasteiger partial charge in [-0.15, -0.1) is 11.3 Å². The van der Waals surface area contributed by atoms with Gasteiger partial charge in [-0.25, -0.2) is 4.98 Å². The van der Waals surface area contributed by atoms with Gasteiger partial charge in [-0.3, -0.25) is 4.79 Å². The quantitative estimate of drug-likeness (QED) is 0.694. The Bertz CT molecular complexity index is 561. The number of pyridine rings is 1. The van der Waals surface area contributed by atoms with E-state index in [0.717, 1.165) is 5.03 Å². The molecular weight excluding hydrogens is 316 g/mol. The van der Waals surface area contributed by atoms with E-state index in [2.05, 4.69) is 4.98 Å². The van der Waals surface area contributed by atoms with Crippen LogP contribution in [-0.4, -0.2) is 41.3 Å². The lowest BCUT2D eigenvalue weighted by Gasteiger charge is -2.24. The third-order valence-electron chi connectivity index (χ3n) is 3.09. The van der Waals surface area contributed by atoms with Crippen molar-refractivity contribution in [3.63, 3.8) is 0 Å². The van der Waals surface area contributed by atoms with Gasteiger partial charge in [0.25, 0.3) is 0 Å². The van der Waals surface area contributed by atoms with E-state index in [-0.39, 0.29) is 11.2 Å². The first kappa shape index (κ1) is 17.0. The van der Waals surface area contributed by atoms with Crippen LogP contribution in [0.15, 0.2) is 46.9 Å². The van der Waals surface area contributed by atoms with Crippen LogP contribution in [0.2, 0.25) is 0 Å². The minimum atomic E-state index is -0.174. The summed E-state index contributed by atoms with van der Waals surface area (Å²) >= 11 is 3.15. The lowest BCUT2D eigenvalue weighted by Crippen LogP contribution is -2.38. The van der Waals surface area contributed by atoms with Crippen molar-refractivity contribution in [2.75, 3.05) is 20.3 Å². The lowest BCUT2D eigenvalue weighted by molar-refractivity contribution is -0.131. The van der Waals surface area contributed by atoms with Crippen LogP contribution in [-0.2, 0) is 16.1 Å². The summed E-state index contributed by atoms with van der Waals surface area (Å²) in [6.07, 6.45) is 1.74. The standard InChI is InChI=1S/C16H20N2O2S2/c1-13(22-15-7-3-4-8-17-15)16(19)18(9-10-20-2)12-14-6-5-11-21-14/h3-8,11,13H,9-10,12H2,1-2H3/t13-/m0/s1. The first-order valence-corrected chi connectivity index (χ1v) is 8.84. The van der Waals surface area contributed by atoms with Gasteiger partial charge in [-0.1, -0.05) is 23.9 Å². The van der Waals surface area contributed by atoms with Crippen LogP contribution in [0.3, 0.4) is 0 Å². The number of aromatic nitrogens is 1. The summed E-state index contributed by atoms with van der Waals surface area (Å²) in [7, 11) is 1.65. The van der Waals surface area contributed by atoms with E-state index in [9.17, 15) is 4.79 Å². The maximum atomic E-state index is 12.7. The van der Waals surface area contributed by atoms with Crippen LogP contribution in [0.5, 0.6) is 0 Å². The van der Waals surface area contributed by atoms with E-state index >= 15 is 0 Å². The highest BCUT2D eigenvalue weighted by molar-refractivity contribution is 8.00. The molecule has 0 saturated heterocycles. The average Bonchev–Trinajstić information content (AvgIpc) is 3.04. The zero-order chi connectivity index (χ0) is 15.8. The van der Waals surface area contributed by atoms with Crippen LogP contribution >= 0.6 is 23.1 Å². The first-order valence-electron chi connectivity index (χ1n) is 7.08. The summed E-state index contributed by atoms with van der Waals surface area (Å²) in [5, 5.41) is 2.72. The molecule has 0 spiro atoms. The topological polar surface area (TPSA) is 42.4 Å². The predicted octanol–water partition coefficient (Wildman–Crippen LogP) is 3.30. The van der Waals surface area contributed by atoms with Crippen molar-refractivity contribution in [1.82, 2.24) is 9.88 Å². The molecule has 0 unspecified atom stereocenters. The van der Waals surface area contributed by atoms with Crippen LogP contribution in [0.25, 0.3) is 0 Å². The highest BCUT2D eigenvalue weighted by Crippen LogP contribution is 2.23. The van der Waals surface area contributed by atoms with E-state index < -0.39 is 0 Å². The van der Waals surface area contributed by atoms with Gasteiger partial charge in [0.2, 0.25) is 5.91 Å². The molecule has 118 valence electrons. The van der Waals surface area contributed by atoms with Crippen LogP contribution < -0.4 is 0 Å². The molecule has 0 radical (unpaired) electrons. The molecule has 0 aliphatic rings. The van der Waals surface area contributed by atoms with Crippen molar-refractivity contribution < 1.29 is 9.53 Å². The van der Waals surface area contributed by atoms with Gasteiger partial charge in [-0.2, -0.15) is 0 Å². The van der Waals surface area contributed by atoms with Crippen molar-refractivity contribution in [1.29, 1.82) is 0 Å². The molecule has 22 heavy (non-hydrogen) atoms. The molecule has 0 fully saturated rings. The largest absolute Gasteiger partial charge is 0.383 e. The third kappa shape index (κ3) is 5.12. The Morgan fingerprint density at radius 2 is 2.27 bits per heavy atom. The Morgan fingerprint density at radius 3 is 2.91 bits per heavy atom. The number of thioether (sulfide) groups is 1. The number of ether oxygens (including phenoxy) is 1. The minimum absolute atomic E-state index is 0.112. The second-order valence-electron chi connectivity index (χ2n) is 4.76. The predicted molar refractivity (Wildman–Crippen MR) is 91.2 cm³/mol. The normalized spacial score (nSPS) is 12.1. The van der Waals surface area contributed by atoms with Crippen LogP contribution in [0.1, 0.15) is 11.8 Å². The molecule has 1 atom stereocenters. The zero-order valence-corrected chi connectivity index (χ0v) is 14.4. The number of carbonyl (C=O) groups is 1. The molecule has 0 aromatic carbocycles. The maximum absolute atomic E-state index is 12.7. The molecule has 0 aliphatic heterocycles. The molecule has 2 aromatic heterocycles. The minimum Gasteiger partial charge on any atom is -0.383 e. The molecule has 4 nitrogen and oxygen atoms in total. The molecule has 0 saturated carbocycles. The number of carbonyl (C=O) groups excluding carboxylic acids is 1. The second-order valence-corrected chi connectivity index (χ2v) is 7.15. The molecule has 6 heteroatoms. The number of methoxy groups -OCH3 is 1. The highest BCUT2D eigenvalue weighted by Gasteiger charge is 2.22. The molecule has 0 N–H and O–H groups in total. The first-order chi connectivity index (χ1) is 10.7. The number of amides is 1. The summed E-state index contributed by atoms with van der Waals surface area (Å²) in [5.41, 5.74) is 0. The van der Waals surface area contributed by atoms with Gasteiger partial charge in [0.15, 0.2) is 0 Å². The summed E-state index contributed by atoms with van der Waals surface area (Å²) in [6, 6.07) is 9.78. The van der Waals surface area contributed by atoms with Crippen LogP contribution in [0.4, 0.5) is 0 Å². The van der Waals surface area contributed by atoms with Crippen molar-refractivity contribution in [2.24, 2.45) is 0 Å². The second kappa shape index (κ2) is 8.92. The highest BCUT2D eigenvalue weighted by atomic mass is 32.2. The van der Waals surface area contributed by atoms with Crippen molar-refractivity contribution in [3.8, 4) is 0 Å². The molecule has 0 bridgehead atoms. The monoisotopic (exact) mass is 336 g/mol. The van der Waals surface area contributed by atoms with Crippen LogP contribution in [0, 0.1) is 0 Å². The van der Waals surface area contributed by atoms with Gasteiger partial charge in [0.1, 0.15) is 0 Å². The fraction of sp³-hybridized carbons (Fsp3) is 0.375. The van der Waals surface area contributed by atoms with Gasteiger partial charge in [0, 0.05) is 24.7 Å². The van der Waals surface area contributed by atoms with Gasteiger partial charge < -0.3 is 9.64 Å². The van der Waals surface area contributed by atoms with Gasteiger partial charge in [-0.05, 0) is 30.5 Å². The number of hydrogen-bond acceptors (Lipinski definition) is 5. The Morgan fingerprint density at radius 1 is 1.41 bits per heavy atom. The van der Waals surface area contributed by atoms with Gasteiger partial charge >= 0.3 is 0 Å². The summed E-state index contributed by atoms with van der Waals surface area (Å²) in [6.45, 7) is 3.70. The van der Waals surface area contributed by atoms with E-state index in [1.54, 1.807) is 24.6 Å². The number of nitrogens with zero attached hydrogens (tertiary/aromatic N) is 2. The fourth-order valence-electron chi connectivity index (χ4n) is 1.96. The van der Waals surface area contributed by atoms with Crippen molar-refractivity contribution >= 4 is 29.0 Å². The molecular formula is C16H20N2O2S2. The Hall–Kier alpha value is -1.37. The maximum Gasteiger partial charge on any atom is 0.236 e. The number of hydrogen-bond donors (Lipinski definition) is 0. The Labute approximate surface area is 139 Å². The number of rotatable bonds is 8. The lowest BCUT2D eigenvalue weighted by atomic mass is 10.3. The Kier molecular flexibility index (Phi) is 6.89. The number of thiophene rings is 1. The Balaban J connectivity index is 2.00. The molecule has 2 rings (SSSR count). The molecule has 2 aromatic rings. The summed E-state index contributed by atoms with van der Waals surface area (Å²) in [4.78, 5) is 20.0. The molecule has 1 amide bonds. The van der Waals surface area contributed by atoms with Gasteiger partial charge in [0.05, 0.1) is 23.4 Å². The van der Waals surface area contributed by atoms with Crippen molar-refractivity contribution in [2.45, 2.75) is 23.7 Å². The zero-order valence-electron chi connectivity index (χ0n) is 12.8. The van der Waals surface area contributed by atoms with E-state index in [0.29, 0.717) is 19.7 Å². The summed E-state index contributed by atoms with van der Waals surface area (Å²) < 4.78 is 5.13. The molecule has 0 aliphatic carbocycles. The third-order valence-corrected chi connectivity index (χ3v) is 4.99. The summed E-state index contributed by atoms with van der Waals surface area (Å²) in [5.74, 6) is 0.112. The fourth-order valence-corrected chi connectivity index (χ4v) is 3.58. The molecule has 2 heterocycles. The average molecular weight is 336 g/mol. The van der Waals surface area contributed by atoms with E-state index in [1.807, 2.05) is 47.5 Å². The van der Waals surface area contributed by atoms with E-state index in [4.69, 9.17) is 4.74 Å². The SMILES string of the molecule is COCCN(Cc1cccs1)C(=O)[C@H](C)Sc1ccccn1. The van der Waals surface area contributed by atoms with E-state index in [1.165, 1.54) is 16.6 Å². The smallest absolute Gasteiger partial charge is 0.236 e. The van der Waals surface area contributed by atoms with Crippen molar-refractivity contribution in [3.05, 3.63) is 46.8 Å².